The molecule has 0 unspecified atom stereocenters. The summed E-state index contributed by atoms with van der Waals surface area (Å²) in [4.78, 5) is 12.1. The van der Waals surface area contributed by atoms with Crippen LogP contribution in [0.15, 0.2) is 18.2 Å². The molecule has 0 bridgehead atoms. The number of rotatable bonds is 6. The fourth-order valence-electron chi connectivity index (χ4n) is 2.22. The lowest BCUT2D eigenvalue weighted by Gasteiger charge is -2.16. The van der Waals surface area contributed by atoms with Crippen molar-refractivity contribution in [3.8, 4) is 5.75 Å². The smallest absolute Gasteiger partial charge is 0.255 e. The monoisotopic (exact) mass is 263 g/mol. The third-order valence-corrected chi connectivity index (χ3v) is 3.90. The zero-order valence-corrected chi connectivity index (χ0v) is 11.5. The molecule has 19 heavy (non-hydrogen) atoms. The van der Waals surface area contributed by atoms with Crippen molar-refractivity contribution in [3.05, 3.63) is 29.3 Å². The number of benzene rings is 1. The summed E-state index contributed by atoms with van der Waals surface area (Å²) < 4.78 is 5.09. The molecule has 0 heterocycles. The molecule has 0 radical (unpaired) electrons. The first kappa shape index (κ1) is 13.9. The number of phenols is 1. The predicted octanol–water partition coefficient (Wildman–Crippen LogP) is 2.25. The molecule has 1 aliphatic carbocycles. The van der Waals surface area contributed by atoms with Gasteiger partial charge in [-0.05, 0) is 43.2 Å². The van der Waals surface area contributed by atoms with Gasteiger partial charge in [0.05, 0.1) is 5.56 Å². The Hall–Kier alpha value is -1.55. The average Bonchev–Trinajstić information content (AvgIpc) is 3.17. The number of hydrogen-bond acceptors (Lipinski definition) is 3. The van der Waals surface area contributed by atoms with E-state index in [1.807, 2.05) is 0 Å². The van der Waals surface area contributed by atoms with Crippen LogP contribution in [0.1, 0.15) is 35.2 Å². The quantitative estimate of drug-likeness (QED) is 0.827. The van der Waals surface area contributed by atoms with Gasteiger partial charge in [0.15, 0.2) is 0 Å². The van der Waals surface area contributed by atoms with Crippen molar-refractivity contribution in [1.29, 1.82) is 0 Å². The van der Waals surface area contributed by atoms with Gasteiger partial charge in [-0.25, -0.2) is 0 Å². The van der Waals surface area contributed by atoms with Crippen LogP contribution in [0.2, 0.25) is 0 Å². The Kier molecular flexibility index (Phi) is 4.10. The van der Waals surface area contributed by atoms with E-state index < -0.39 is 0 Å². The van der Waals surface area contributed by atoms with Crippen molar-refractivity contribution >= 4 is 5.91 Å². The van der Waals surface area contributed by atoms with E-state index in [1.54, 1.807) is 32.2 Å². The molecular formula is C15H21NO3. The maximum atomic E-state index is 12.1. The van der Waals surface area contributed by atoms with Gasteiger partial charge in [-0.3, -0.25) is 4.79 Å². The molecule has 1 aliphatic rings. The number of carbonyl (C=O) groups is 1. The molecule has 0 aliphatic heterocycles. The van der Waals surface area contributed by atoms with E-state index >= 15 is 0 Å². The molecule has 2 rings (SSSR count). The van der Waals surface area contributed by atoms with Gasteiger partial charge in [0, 0.05) is 20.3 Å². The molecule has 0 spiro atoms. The molecule has 4 nitrogen and oxygen atoms in total. The third-order valence-electron chi connectivity index (χ3n) is 3.90. The van der Waals surface area contributed by atoms with E-state index in [0.717, 1.165) is 25.9 Å². The van der Waals surface area contributed by atoms with E-state index in [2.05, 4.69) is 5.32 Å². The molecule has 1 amide bonds. The second-order valence-electron chi connectivity index (χ2n) is 5.40. The predicted molar refractivity (Wildman–Crippen MR) is 73.3 cm³/mol. The van der Waals surface area contributed by atoms with Crippen molar-refractivity contribution in [3.63, 3.8) is 0 Å². The Morgan fingerprint density at radius 2 is 2.21 bits per heavy atom. The topological polar surface area (TPSA) is 58.6 Å². The van der Waals surface area contributed by atoms with Gasteiger partial charge < -0.3 is 15.2 Å². The molecule has 0 saturated heterocycles. The molecule has 0 atom stereocenters. The SMILES string of the molecule is COCCC1(CNC(=O)c2cccc(C)c2O)CC1. The highest BCUT2D eigenvalue weighted by atomic mass is 16.5. The van der Waals surface area contributed by atoms with E-state index in [-0.39, 0.29) is 17.1 Å². The lowest BCUT2D eigenvalue weighted by atomic mass is 10.0. The Morgan fingerprint density at radius 3 is 2.84 bits per heavy atom. The van der Waals surface area contributed by atoms with Crippen molar-refractivity contribution in [2.24, 2.45) is 5.41 Å². The summed E-state index contributed by atoms with van der Waals surface area (Å²) in [7, 11) is 1.69. The van der Waals surface area contributed by atoms with Crippen LogP contribution in [0.5, 0.6) is 5.75 Å². The first-order valence-electron chi connectivity index (χ1n) is 6.64. The zero-order chi connectivity index (χ0) is 13.9. The molecule has 1 fully saturated rings. The number of methoxy groups -OCH3 is 1. The van der Waals surface area contributed by atoms with Crippen molar-refractivity contribution in [2.75, 3.05) is 20.3 Å². The Morgan fingerprint density at radius 1 is 1.47 bits per heavy atom. The fraction of sp³-hybridized carbons (Fsp3) is 0.533. The highest BCUT2D eigenvalue weighted by Crippen LogP contribution is 2.48. The molecule has 104 valence electrons. The minimum absolute atomic E-state index is 0.0711. The number of hydrogen-bond donors (Lipinski definition) is 2. The minimum Gasteiger partial charge on any atom is -0.507 e. The lowest BCUT2D eigenvalue weighted by Crippen LogP contribution is -2.30. The van der Waals surface area contributed by atoms with Gasteiger partial charge in [0.2, 0.25) is 0 Å². The summed E-state index contributed by atoms with van der Waals surface area (Å²) >= 11 is 0. The maximum absolute atomic E-state index is 12.1. The Balaban J connectivity index is 1.93. The van der Waals surface area contributed by atoms with Crippen LogP contribution in [-0.4, -0.2) is 31.3 Å². The summed E-state index contributed by atoms with van der Waals surface area (Å²) in [5, 5.41) is 12.8. The van der Waals surface area contributed by atoms with Crippen LogP contribution < -0.4 is 5.32 Å². The van der Waals surface area contributed by atoms with Crippen LogP contribution in [0.3, 0.4) is 0 Å². The normalized spacial score (nSPS) is 16.1. The molecule has 0 aromatic heterocycles. The summed E-state index contributed by atoms with van der Waals surface area (Å²) in [6, 6.07) is 5.21. The zero-order valence-electron chi connectivity index (χ0n) is 11.5. The number of amides is 1. The third kappa shape index (κ3) is 3.26. The average molecular weight is 263 g/mol. The number of aromatic hydroxyl groups is 1. The first-order valence-corrected chi connectivity index (χ1v) is 6.64. The molecule has 1 aromatic carbocycles. The van der Waals surface area contributed by atoms with Crippen LogP contribution in [0.4, 0.5) is 0 Å². The van der Waals surface area contributed by atoms with Crippen LogP contribution >= 0.6 is 0 Å². The summed E-state index contributed by atoms with van der Waals surface area (Å²) in [6.45, 7) is 3.17. The summed E-state index contributed by atoms with van der Waals surface area (Å²) in [5.74, 6) is -0.133. The van der Waals surface area contributed by atoms with Gasteiger partial charge in [-0.1, -0.05) is 12.1 Å². The second-order valence-corrected chi connectivity index (χ2v) is 5.40. The molecule has 1 saturated carbocycles. The number of para-hydroxylation sites is 1. The molecular weight excluding hydrogens is 242 g/mol. The van der Waals surface area contributed by atoms with Gasteiger partial charge in [0.1, 0.15) is 5.75 Å². The number of phenolic OH excluding ortho intramolecular Hbond substituents is 1. The van der Waals surface area contributed by atoms with Crippen molar-refractivity contribution < 1.29 is 14.6 Å². The minimum atomic E-state index is -0.204. The highest BCUT2D eigenvalue weighted by molar-refractivity contribution is 5.97. The van der Waals surface area contributed by atoms with E-state index in [4.69, 9.17) is 4.74 Å². The van der Waals surface area contributed by atoms with Gasteiger partial charge in [-0.15, -0.1) is 0 Å². The second kappa shape index (κ2) is 5.61. The number of ether oxygens (including phenoxy) is 1. The Bertz CT molecular complexity index is 466. The fourth-order valence-corrected chi connectivity index (χ4v) is 2.22. The molecule has 1 aromatic rings. The van der Waals surface area contributed by atoms with Crippen molar-refractivity contribution in [1.82, 2.24) is 5.32 Å². The van der Waals surface area contributed by atoms with E-state index in [0.29, 0.717) is 17.7 Å². The van der Waals surface area contributed by atoms with Crippen LogP contribution in [0.25, 0.3) is 0 Å². The number of carbonyl (C=O) groups excluding carboxylic acids is 1. The lowest BCUT2D eigenvalue weighted by molar-refractivity contribution is 0.0935. The van der Waals surface area contributed by atoms with Crippen LogP contribution in [0, 0.1) is 12.3 Å². The van der Waals surface area contributed by atoms with E-state index in [9.17, 15) is 9.90 Å². The standard InChI is InChI=1S/C15H21NO3/c1-11-4-3-5-12(13(11)17)14(18)16-10-15(6-7-15)8-9-19-2/h3-5,17H,6-10H2,1-2H3,(H,16,18). The highest BCUT2D eigenvalue weighted by Gasteiger charge is 2.42. The summed E-state index contributed by atoms with van der Waals surface area (Å²) in [5.41, 5.74) is 1.28. The van der Waals surface area contributed by atoms with E-state index in [1.165, 1.54) is 0 Å². The first-order chi connectivity index (χ1) is 9.08. The summed E-state index contributed by atoms with van der Waals surface area (Å²) in [6.07, 6.45) is 3.25. The van der Waals surface area contributed by atoms with Crippen molar-refractivity contribution in [2.45, 2.75) is 26.2 Å². The van der Waals surface area contributed by atoms with Crippen LogP contribution in [-0.2, 0) is 4.74 Å². The number of aryl methyl sites for hydroxylation is 1. The molecule has 4 heteroatoms. The van der Waals surface area contributed by atoms with Gasteiger partial charge in [0.25, 0.3) is 5.91 Å². The largest absolute Gasteiger partial charge is 0.507 e. The van der Waals surface area contributed by atoms with Gasteiger partial charge >= 0.3 is 0 Å². The maximum Gasteiger partial charge on any atom is 0.255 e. The van der Waals surface area contributed by atoms with Gasteiger partial charge in [-0.2, -0.15) is 0 Å². The number of nitrogens with one attached hydrogen (secondary N) is 1. The Labute approximate surface area is 113 Å². The molecule has 2 N–H and O–H groups in total.